The Morgan fingerprint density at radius 3 is 2.71 bits per heavy atom. The smallest absolute Gasteiger partial charge is 0.231 e. The predicted octanol–water partition coefficient (Wildman–Crippen LogP) is 0.179. The topological polar surface area (TPSA) is 72.6 Å². The SMILES string of the molecule is CCCCN(CC(N)=O)CC(=O)C1CCOC1. The molecule has 1 atom stereocenters. The van der Waals surface area contributed by atoms with Crippen LogP contribution in [-0.4, -0.2) is 49.4 Å². The van der Waals surface area contributed by atoms with Crippen molar-refractivity contribution < 1.29 is 14.3 Å². The molecule has 1 amide bonds. The molecule has 1 heterocycles. The fourth-order valence-electron chi connectivity index (χ4n) is 1.95. The molecule has 0 spiro atoms. The average Bonchev–Trinajstić information content (AvgIpc) is 2.78. The van der Waals surface area contributed by atoms with Gasteiger partial charge in [-0.3, -0.25) is 14.5 Å². The monoisotopic (exact) mass is 242 g/mol. The number of nitrogens with two attached hydrogens (primary N) is 1. The van der Waals surface area contributed by atoms with Crippen LogP contribution in [0.3, 0.4) is 0 Å². The molecule has 0 radical (unpaired) electrons. The predicted molar refractivity (Wildman–Crippen MR) is 64.5 cm³/mol. The van der Waals surface area contributed by atoms with Crippen LogP contribution in [0.15, 0.2) is 0 Å². The maximum absolute atomic E-state index is 11.9. The number of unbranched alkanes of at least 4 members (excludes halogenated alkanes) is 1. The van der Waals surface area contributed by atoms with E-state index in [2.05, 4.69) is 6.92 Å². The van der Waals surface area contributed by atoms with Crippen molar-refractivity contribution in [3.05, 3.63) is 0 Å². The Labute approximate surface area is 102 Å². The van der Waals surface area contributed by atoms with Gasteiger partial charge in [0.2, 0.25) is 5.91 Å². The first-order chi connectivity index (χ1) is 8.13. The molecule has 0 aromatic rings. The fourth-order valence-corrected chi connectivity index (χ4v) is 1.95. The van der Waals surface area contributed by atoms with Gasteiger partial charge in [-0.05, 0) is 19.4 Å². The number of carbonyl (C=O) groups is 2. The second-order valence-corrected chi connectivity index (χ2v) is 4.56. The van der Waals surface area contributed by atoms with E-state index in [4.69, 9.17) is 10.5 Å². The van der Waals surface area contributed by atoms with Crippen LogP contribution in [0.25, 0.3) is 0 Å². The summed E-state index contributed by atoms with van der Waals surface area (Å²) in [6.45, 7) is 4.50. The van der Waals surface area contributed by atoms with Crippen molar-refractivity contribution in [2.45, 2.75) is 26.2 Å². The summed E-state index contributed by atoms with van der Waals surface area (Å²) in [5.74, 6) is -0.205. The molecule has 0 bridgehead atoms. The lowest BCUT2D eigenvalue weighted by Crippen LogP contribution is -2.39. The lowest BCUT2D eigenvalue weighted by Gasteiger charge is -2.20. The molecule has 1 aliphatic rings. The summed E-state index contributed by atoms with van der Waals surface area (Å²) in [4.78, 5) is 24.7. The lowest BCUT2D eigenvalue weighted by molar-refractivity contribution is -0.125. The van der Waals surface area contributed by atoms with Crippen LogP contribution in [0.2, 0.25) is 0 Å². The molecule has 5 heteroatoms. The van der Waals surface area contributed by atoms with Crippen LogP contribution < -0.4 is 5.73 Å². The number of ether oxygens (including phenoxy) is 1. The molecular formula is C12H22N2O3. The number of nitrogens with zero attached hydrogens (tertiary/aromatic N) is 1. The molecule has 5 nitrogen and oxygen atoms in total. The van der Waals surface area contributed by atoms with Crippen molar-refractivity contribution in [1.29, 1.82) is 0 Å². The Bertz CT molecular complexity index is 262. The van der Waals surface area contributed by atoms with Gasteiger partial charge in [-0.15, -0.1) is 0 Å². The van der Waals surface area contributed by atoms with E-state index >= 15 is 0 Å². The minimum Gasteiger partial charge on any atom is -0.381 e. The van der Waals surface area contributed by atoms with Crippen LogP contribution in [0.4, 0.5) is 0 Å². The first-order valence-electron chi connectivity index (χ1n) is 6.24. The summed E-state index contributed by atoms with van der Waals surface area (Å²) >= 11 is 0. The summed E-state index contributed by atoms with van der Waals surface area (Å²) in [5.41, 5.74) is 5.18. The zero-order chi connectivity index (χ0) is 12.7. The standard InChI is InChI=1S/C12H22N2O3/c1-2-3-5-14(8-12(13)16)7-11(15)10-4-6-17-9-10/h10H,2-9H2,1H3,(H2,13,16). The van der Waals surface area contributed by atoms with E-state index in [0.717, 1.165) is 25.8 Å². The molecule has 1 rings (SSSR count). The third kappa shape index (κ3) is 5.28. The van der Waals surface area contributed by atoms with Crippen molar-refractivity contribution in [3.63, 3.8) is 0 Å². The van der Waals surface area contributed by atoms with Crippen LogP contribution >= 0.6 is 0 Å². The Kier molecular flexibility index (Phi) is 6.15. The highest BCUT2D eigenvalue weighted by Crippen LogP contribution is 2.14. The number of primary amides is 1. The lowest BCUT2D eigenvalue weighted by atomic mass is 10.0. The van der Waals surface area contributed by atoms with E-state index in [9.17, 15) is 9.59 Å². The first-order valence-corrected chi connectivity index (χ1v) is 6.24. The van der Waals surface area contributed by atoms with Crippen LogP contribution in [0, 0.1) is 5.92 Å². The number of carbonyl (C=O) groups excluding carboxylic acids is 2. The number of amides is 1. The molecule has 0 aromatic carbocycles. The van der Waals surface area contributed by atoms with Crippen molar-refractivity contribution in [2.24, 2.45) is 11.7 Å². The Balaban J connectivity index is 2.39. The molecule has 98 valence electrons. The normalized spacial score (nSPS) is 19.8. The summed E-state index contributed by atoms with van der Waals surface area (Å²) in [5, 5.41) is 0. The minimum atomic E-state index is -0.378. The van der Waals surface area contributed by atoms with Gasteiger partial charge in [0.25, 0.3) is 0 Å². The summed E-state index contributed by atoms with van der Waals surface area (Å²) in [6, 6.07) is 0. The van der Waals surface area contributed by atoms with Crippen LogP contribution in [0.1, 0.15) is 26.2 Å². The van der Waals surface area contributed by atoms with Gasteiger partial charge < -0.3 is 10.5 Å². The number of rotatable bonds is 8. The van der Waals surface area contributed by atoms with Gasteiger partial charge in [0.15, 0.2) is 5.78 Å². The Hall–Kier alpha value is -0.940. The number of hydrogen-bond acceptors (Lipinski definition) is 4. The van der Waals surface area contributed by atoms with E-state index < -0.39 is 0 Å². The summed E-state index contributed by atoms with van der Waals surface area (Å²) < 4.78 is 5.19. The quantitative estimate of drug-likeness (QED) is 0.659. The Morgan fingerprint density at radius 2 is 2.18 bits per heavy atom. The second-order valence-electron chi connectivity index (χ2n) is 4.56. The first kappa shape index (κ1) is 14.1. The van der Waals surface area contributed by atoms with Crippen molar-refractivity contribution >= 4 is 11.7 Å². The number of Topliss-reactive ketones (excluding diaryl/α,β-unsaturated/α-hetero) is 1. The number of hydrogen-bond donors (Lipinski definition) is 1. The van der Waals surface area contributed by atoms with Crippen molar-refractivity contribution in [2.75, 3.05) is 32.8 Å². The molecule has 0 aliphatic carbocycles. The van der Waals surface area contributed by atoms with Crippen LogP contribution in [0.5, 0.6) is 0 Å². The maximum Gasteiger partial charge on any atom is 0.231 e. The molecular weight excluding hydrogens is 220 g/mol. The second kappa shape index (κ2) is 7.40. The molecule has 1 unspecified atom stereocenters. The number of ketones is 1. The van der Waals surface area contributed by atoms with E-state index in [1.807, 2.05) is 4.90 Å². The molecule has 0 aromatic heterocycles. The summed E-state index contributed by atoms with van der Waals surface area (Å²) in [6.07, 6.45) is 2.81. The van der Waals surface area contributed by atoms with Gasteiger partial charge in [-0.25, -0.2) is 0 Å². The summed E-state index contributed by atoms with van der Waals surface area (Å²) in [7, 11) is 0. The molecule has 17 heavy (non-hydrogen) atoms. The van der Waals surface area contributed by atoms with E-state index in [-0.39, 0.29) is 24.2 Å². The van der Waals surface area contributed by atoms with Crippen molar-refractivity contribution in [1.82, 2.24) is 4.90 Å². The van der Waals surface area contributed by atoms with Gasteiger partial charge in [0.05, 0.1) is 19.7 Å². The highest BCUT2D eigenvalue weighted by Gasteiger charge is 2.25. The molecule has 2 N–H and O–H groups in total. The van der Waals surface area contributed by atoms with Crippen LogP contribution in [-0.2, 0) is 14.3 Å². The van der Waals surface area contributed by atoms with Gasteiger partial charge in [-0.1, -0.05) is 13.3 Å². The fraction of sp³-hybridized carbons (Fsp3) is 0.833. The van der Waals surface area contributed by atoms with E-state index in [0.29, 0.717) is 19.8 Å². The van der Waals surface area contributed by atoms with Gasteiger partial charge in [0.1, 0.15) is 0 Å². The zero-order valence-corrected chi connectivity index (χ0v) is 10.5. The largest absolute Gasteiger partial charge is 0.381 e. The van der Waals surface area contributed by atoms with E-state index in [1.165, 1.54) is 0 Å². The molecule has 1 fully saturated rings. The average molecular weight is 242 g/mol. The minimum absolute atomic E-state index is 0.00648. The highest BCUT2D eigenvalue weighted by molar-refractivity contribution is 5.84. The van der Waals surface area contributed by atoms with E-state index in [1.54, 1.807) is 0 Å². The van der Waals surface area contributed by atoms with Gasteiger partial charge in [0, 0.05) is 12.5 Å². The van der Waals surface area contributed by atoms with Crippen molar-refractivity contribution in [3.8, 4) is 0 Å². The molecule has 1 aliphatic heterocycles. The van der Waals surface area contributed by atoms with Gasteiger partial charge >= 0.3 is 0 Å². The zero-order valence-electron chi connectivity index (χ0n) is 10.5. The third-order valence-electron chi connectivity index (χ3n) is 2.97. The Morgan fingerprint density at radius 1 is 1.41 bits per heavy atom. The third-order valence-corrected chi connectivity index (χ3v) is 2.97. The highest BCUT2D eigenvalue weighted by atomic mass is 16.5. The van der Waals surface area contributed by atoms with Gasteiger partial charge in [-0.2, -0.15) is 0 Å². The molecule has 0 saturated carbocycles. The molecule has 1 saturated heterocycles. The maximum atomic E-state index is 11.9.